The number of hydrogen-bond acceptors (Lipinski definition) is 5. The molecule has 0 N–H and O–H groups in total. The lowest BCUT2D eigenvalue weighted by Crippen LogP contribution is -2.44. The highest BCUT2D eigenvalue weighted by Gasteiger charge is 2.25. The summed E-state index contributed by atoms with van der Waals surface area (Å²) < 4.78 is 10.3. The lowest BCUT2D eigenvalue weighted by molar-refractivity contribution is -0.137. The Labute approximate surface area is 119 Å². The molecule has 1 atom stereocenters. The molecule has 0 aliphatic carbocycles. The molecule has 1 aromatic heterocycles. The van der Waals surface area contributed by atoms with Crippen molar-refractivity contribution < 1.29 is 14.1 Å². The zero-order valence-corrected chi connectivity index (χ0v) is 12.7. The van der Waals surface area contributed by atoms with Gasteiger partial charge in [0.25, 0.3) is 5.91 Å². The third-order valence-corrected chi connectivity index (χ3v) is 3.52. The number of piperidine rings is 1. The summed E-state index contributed by atoms with van der Waals surface area (Å²) in [7, 11) is 0. The molecule has 0 spiro atoms. The Morgan fingerprint density at radius 3 is 2.80 bits per heavy atom. The minimum atomic E-state index is -0.198. The van der Waals surface area contributed by atoms with Gasteiger partial charge in [0.2, 0.25) is 0 Å². The molecule has 0 bridgehead atoms. The summed E-state index contributed by atoms with van der Waals surface area (Å²) in [5, 5.41) is 3.86. The number of rotatable bonds is 3. The van der Waals surface area contributed by atoms with Gasteiger partial charge in [-0.1, -0.05) is 25.9 Å². The molecule has 1 amide bonds. The number of ether oxygens (including phenoxy) is 1. The maximum absolute atomic E-state index is 12.1. The zero-order valence-electron chi connectivity index (χ0n) is 12.7. The van der Waals surface area contributed by atoms with Crippen molar-refractivity contribution in [1.29, 1.82) is 0 Å². The Bertz CT molecular complexity index is 464. The summed E-state index contributed by atoms with van der Waals surface area (Å²) in [6.45, 7) is 8.80. The predicted molar refractivity (Wildman–Crippen MR) is 73.5 cm³/mol. The summed E-state index contributed by atoms with van der Waals surface area (Å²) in [5.41, 5.74) is -0.198. The predicted octanol–water partition coefficient (Wildman–Crippen LogP) is 2.15. The maximum atomic E-state index is 12.1. The molecule has 6 heteroatoms. The van der Waals surface area contributed by atoms with Crippen molar-refractivity contribution >= 4 is 5.91 Å². The third-order valence-electron chi connectivity index (χ3n) is 3.52. The topological polar surface area (TPSA) is 68.5 Å². The SMILES string of the molecule is C[C@@H]1CCCCN1C(=O)COc1nc(C(C)(C)C)no1. The van der Waals surface area contributed by atoms with Crippen LogP contribution in [0, 0.1) is 0 Å². The summed E-state index contributed by atoms with van der Waals surface area (Å²) in [6, 6.07) is 0.285. The van der Waals surface area contributed by atoms with Crippen molar-refractivity contribution in [2.45, 2.75) is 58.4 Å². The second kappa shape index (κ2) is 5.81. The molecule has 2 rings (SSSR count). The van der Waals surface area contributed by atoms with Crippen LogP contribution < -0.4 is 4.74 Å². The number of carbonyl (C=O) groups excluding carboxylic acids is 1. The fraction of sp³-hybridized carbons (Fsp3) is 0.786. The smallest absolute Gasteiger partial charge is 0.417 e. The second-order valence-electron chi connectivity index (χ2n) is 6.35. The number of aromatic nitrogens is 2. The van der Waals surface area contributed by atoms with Crippen LogP contribution in [-0.2, 0) is 10.2 Å². The van der Waals surface area contributed by atoms with Gasteiger partial charge in [-0.15, -0.1) is 0 Å². The van der Waals surface area contributed by atoms with Gasteiger partial charge >= 0.3 is 6.08 Å². The first-order valence-electron chi connectivity index (χ1n) is 7.14. The molecule has 0 radical (unpaired) electrons. The first kappa shape index (κ1) is 14.8. The first-order chi connectivity index (χ1) is 9.38. The average Bonchev–Trinajstić information content (AvgIpc) is 2.85. The third kappa shape index (κ3) is 3.49. The number of carbonyl (C=O) groups is 1. The van der Waals surface area contributed by atoms with Gasteiger partial charge in [-0.25, -0.2) is 0 Å². The van der Waals surface area contributed by atoms with Crippen LogP contribution >= 0.6 is 0 Å². The van der Waals surface area contributed by atoms with Gasteiger partial charge < -0.3 is 9.64 Å². The quantitative estimate of drug-likeness (QED) is 0.849. The van der Waals surface area contributed by atoms with E-state index in [9.17, 15) is 4.79 Å². The van der Waals surface area contributed by atoms with Crippen molar-refractivity contribution in [1.82, 2.24) is 15.0 Å². The van der Waals surface area contributed by atoms with E-state index in [1.807, 2.05) is 25.7 Å². The van der Waals surface area contributed by atoms with Crippen molar-refractivity contribution in [3.8, 4) is 6.08 Å². The van der Waals surface area contributed by atoms with Gasteiger partial charge in [0, 0.05) is 18.0 Å². The first-order valence-corrected chi connectivity index (χ1v) is 7.14. The number of amides is 1. The molecule has 20 heavy (non-hydrogen) atoms. The molecule has 1 aliphatic heterocycles. The Hall–Kier alpha value is -1.59. The number of hydrogen-bond donors (Lipinski definition) is 0. The van der Waals surface area contributed by atoms with E-state index in [0.717, 1.165) is 19.4 Å². The number of nitrogens with zero attached hydrogens (tertiary/aromatic N) is 3. The van der Waals surface area contributed by atoms with Gasteiger partial charge in [-0.05, 0) is 26.2 Å². The van der Waals surface area contributed by atoms with Crippen LogP contribution in [-0.4, -0.2) is 40.1 Å². The van der Waals surface area contributed by atoms with Crippen molar-refractivity contribution in [2.75, 3.05) is 13.2 Å². The largest absolute Gasteiger partial charge is 0.439 e. The second-order valence-corrected chi connectivity index (χ2v) is 6.35. The maximum Gasteiger partial charge on any atom is 0.417 e. The van der Waals surface area contributed by atoms with E-state index in [1.54, 1.807) is 0 Å². The van der Waals surface area contributed by atoms with E-state index in [1.165, 1.54) is 6.42 Å². The molecule has 0 aromatic carbocycles. The normalized spacial score (nSPS) is 20.0. The molecule has 2 heterocycles. The van der Waals surface area contributed by atoms with Gasteiger partial charge in [-0.3, -0.25) is 9.32 Å². The van der Waals surface area contributed by atoms with Gasteiger partial charge in [0.05, 0.1) is 0 Å². The van der Waals surface area contributed by atoms with Crippen molar-refractivity contribution in [3.05, 3.63) is 5.82 Å². The Morgan fingerprint density at radius 2 is 2.20 bits per heavy atom. The highest BCUT2D eigenvalue weighted by atomic mass is 16.6. The summed E-state index contributed by atoms with van der Waals surface area (Å²) in [6.07, 6.45) is 3.36. The van der Waals surface area contributed by atoms with E-state index >= 15 is 0 Å². The average molecular weight is 281 g/mol. The van der Waals surface area contributed by atoms with E-state index in [4.69, 9.17) is 9.26 Å². The molecule has 6 nitrogen and oxygen atoms in total. The molecule has 0 saturated carbocycles. The highest BCUT2D eigenvalue weighted by molar-refractivity contribution is 5.78. The van der Waals surface area contributed by atoms with Crippen LogP contribution in [0.25, 0.3) is 0 Å². The van der Waals surface area contributed by atoms with E-state index in [2.05, 4.69) is 17.1 Å². The van der Waals surface area contributed by atoms with Crippen LogP contribution in [0.15, 0.2) is 4.52 Å². The fourth-order valence-electron chi connectivity index (χ4n) is 2.25. The Morgan fingerprint density at radius 1 is 1.45 bits per heavy atom. The molecule has 112 valence electrons. The van der Waals surface area contributed by atoms with Crippen LogP contribution in [0.1, 0.15) is 52.8 Å². The summed E-state index contributed by atoms with van der Waals surface area (Å²) in [4.78, 5) is 18.1. The monoisotopic (exact) mass is 281 g/mol. The molecule has 1 aliphatic rings. The fourth-order valence-corrected chi connectivity index (χ4v) is 2.25. The molecule has 1 aromatic rings. The number of likely N-dealkylation sites (tertiary alicyclic amines) is 1. The minimum Gasteiger partial charge on any atom is -0.439 e. The van der Waals surface area contributed by atoms with Gasteiger partial charge in [0.1, 0.15) is 0 Å². The molecule has 1 fully saturated rings. The van der Waals surface area contributed by atoms with E-state index in [-0.39, 0.29) is 30.0 Å². The van der Waals surface area contributed by atoms with E-state index in [0.29, 0.717) is 5.82 Å². The van der Waals surface area contributed by atoms with Crippen LogP contribution in [0.2, 0.25) is 0 Å². The lowest BCUT2D eigenvalue weighted by Gasteiger charge is -2.33. The molecule has 0 unspecified atom stereocenters. The minimum absolute atomic E-state index is 0.0206. The zero-order chi connectivity index (χ0) is 14.8. The standard InChI is InChI=1S/C14H23N3O3/c1-10-7-5-6-8-17(10)11(18)9-19-13-15-12(16-20-13)14(2,3)4/h10H,5-9H2,1-4H3/t10-/m1/s1. The molecular weight excluding hydrogens is 258 g/mol. The van der Waals surface area contributed by atoms with Crippen LogP contribution in [0.5, 0.6) is 6.08 Å². The van der Waals surface area contributed by atoms with Gasteiger partial charge in [0.15, 0.2) is 12.4 Å². The van der Waals surface area contributed by atoms with Crippen LogP contribution in [0.3, 0.4) is 0 Å². The molecule has 1 saturated heterocycles. The summed E-state index contributed by atoms with van der Waals surface area (Å²) >= 11 is 0. The van der Waals surface area contributed by atoms with Crippen molar-refractivity contribution in [2.24, 2.45) is 0 Å². The van der Waals surface area contributed by atoms with Gasteiger partial charge in [-0.2, -0.15) is 4.98 Å². The summed E-state index contributed by atoms with van der Waals surface area (Å²) in [5.74, 6) is 0.555. The van der Waals surface area contributed by atoms with Crippen LogP contribution in [0.4, 0.5) is 0 Å². The van der Waals surface area contributed by atoms with Crippen molar-refractivity contribution in [3.63, 3.8) is 0 Å². The van der Waals surface area contributed by atoms with E-state index < -0.39 is 0 Å². The Kier molecular flexibility index (Phi) is 4.30. The lowest BCUT2D eigenvalue weighted by atomic mass is 9.96. The highest BCUT2D eigenvalue weighted by Crippen LogP contribution is 2.21. The Balaban J connectivity index is 1.88. The molecular formula is C14H23N3O3.